The van der Waals surface area contributed by atoms with Crippen LogP contribution < -0.4 is 26.2 Å². The van der Waals surface area contributed by atoms with Gasteiger partial charge in [-0.1, -0.05) is 43.5 Å². The SMILES string of the molecule is C=C1CCc2cc(C(=O)NC3CCN(C(C)=O)CC3)ccc2N1.C=C1CCc2cc(Cc3ccc(C(=O)OC)cc3)ccc2N1.O=C1CCc2cc(C(=O)N3CCc4cccnc43)ccc2N1. The highest BCUT2D eigenvalue weighted by molar-refractivity contribution is 6.07. The van der Waals surface area contributed by atoms with E-state index in [-0.39, 0.29) is 35.6 Å². The molecular formula is C54H57N7O6. The van der Waals surface area contributed by atoms with E-state index in [4.69, 9.17) is 4.74 Å². The summed E-state index contributed by atoms with van der Waals surface area (Å²) in [6.07, 6.45) is 10.0. The van der Waals surface area contributed by atoms with Crippen LogP contribution in [0.2, 0.25) is 0 Å². The fourth-order valence-electron chi connectivity index (χ4n) is 9.02. The quantitative estimate of drug-likeness (QED) is 0.123. The van der Waals surface area contributed by atoms with E-state index in [2.05, 4.69) is 57.6 Å². The maximum absolute atomic E-state index is 12.8. The van der Waals surface area contributed by atoms with E-state index < -0.39 is 0 Å². The number of fused-ring (bicyclic) bond motifs is 4. The molecule has 4 aromatic carbocycles. The zero-order valence-electron chi connectivity index (χ0n) is 38.2. The van der Waals surface area contributed by atoms with E-state index in [1.165, 1.54) is 29.5 Å². The fourth-order valence-corrected chi connectivity index (χ4v) is 9.02. The molecule has 0 radical (unpaired) electrons. The molecule has 0 spiro atoms. The van der Waals surface area contributed by atoms with Gasteiger partial charge in [0.05, 0.1) is 12.7 Å². The van der Waals surface area contributed by atoms with Gasteiger partial charge >= 0.3 is 5.97 Å². The van der Waals surface area contributed by atoms with Crippen molar-refractivity contribution in [2.75, 3.05) is 47.6 Å². The molecule has 13 nitrogen and oxygen atoms in total. The Hall–Kier alpha value is -7.54. The predicted octanol–water partition coefficient (Wildman–Crippen LogP) is 8.40. The molecule has 0 unspecified atom stereocenters. The molecule has 5 aliphatic rings. The number of carbonyl (C=O) groups excluding carboxylic acids is 5. The maximum atomic E-state index is 12.8. The van der Waals surface area contributed by atoms with Gasteiger partial charge in [0.2, 0.25) is 11.8 Å². The Morgan fingerprint density at radius 2 is 1.25 bits per heavy atom. The molecule has 0 bridgehead atoms. The van der Waals surface area contributed by atoms with E-state index in [0.717, 1.165) is 110 Å². The number of hydrogen-bond donors (Lipinski definition) is 4. The van der Waals surface area contributed by atoms with Gasteiger partial charge < -0.3 is 30.9 Å². The van der Waals surface area contributed by atoms with Gasteiger partial charge in [0.25, 0.3) is 11.8 Å². The highest BCUT2D eigenvalue weighted by Gasteiger charge is 2.28. The number of likely N-dealkylation sites (tertiary alicyclic amines) is 1. The van der Waals surface area contributed by atoms with Crippen molar-refractivity contribution >= 4 is 52.5 Å². The van der Waals surface area contributed by atoms with Crippen molar-refractivity contribution < 1.29 is 28.7 Å². The normalized spacial score (nSPS) is 15.8. The molecule has 4 amide bonds. The summed E-state index contributed by atoms with van der Waals surface area (Å²) in [5.41, 5.74) is 14.2. The summed E-state index contributed by atoms with van der Waals surface area (Å²) >= 11 is 0. The van der Waals surface area contributed by atoms with E-state index in [9.17, 15) is 24.0 Å². The molecule has 67 heavy (non-hydrogen) atoms. The topological polar surface area (TPSA) is 162 Å². The molecule has 344 valence electrons. The summed E-state index contributed by atoms with van der Waals surface area (Å²) in [7, 11) is 1.39. The van der Waals surface area contributed by atoms with Gasteiger partial charge in [0.1, 0.15) is 5.82 Å². The van der Waals surface area contributed by atoms with Gasteiger partial charge in [-0.3, -0.25) is 24.1 Å². The molecule has 10 rings (SSSR count). The third-order valence-corrected chi connectivity index (χ3v) is 12.8. The number of anilines is 4. The molecule has 6 heterocycles. The van der Waals surface area contributed by atoms with Gasteiger partial charge in [-0.15, -0.1) is 0 Å². The number of ether oxygens (including phenoxy) is 1. The van der Waals surface area contributed by atoms with E-state index in [1.54, 1.807) is 24.1 Å². The van der Waals surface area contributed by atoms with Crippen molar-refractivity contribution in [1.29, 1.82) is 0 Å². The number of esters is 1. The van der Waals surface area contributed by atoms with Crippen LogP contribution in [0.4, 0.5) is 22.9 Å². The van der Waals surface area contributed by atoms with Crippen molar-refractivity contribution in [1.82, 2.24) is 15.2 Å². The second kappa shape index (κ2) is 20.7. The smallest absolute Gasteiger partial charge is 0.337 e. The number of nitrogens with one attached hydrogen (secondary N) is 4. The highest BCUT2D eigenvalue weighted by atomic mass is 16.5. The maximum Gasteiger partial charge on any atom is 0.337 e. The van der Waals surface area contributed by atoms with Crippen LogP contribution >= 0.6 is 0 Å². The predicted molar refractivity (Wildman–Crippen MR) is 261 cm³/mol. The van der Waals surface area contributed by atoms with Crippen LogP contribution in [-0.4, -0.2) is 72.3 Å². The van der Waals surface area contributed by atoms with Crippen LogP contribution in [-0.2, 0) is 46.4 Å². The number of rotatable bonds is 6. The second-order valence-electron chi connectivity index (χ2n) is 17.6. The lowest BCUT2D eigenvalue weighted by atomic mass is 9.96. The van der Waals surface area contributed by atoms with Crippen molar-refractivity contribution in [2.24, 2.45) is 0 Å². The number of allylic oxidation sites excluding steroid dienone is 2. The van der Waals surface area contributed by atoms with E-state index >= 15 is 0 Å². The molecule has 4 N–H and O–H groups in total. The number of piperidine rings is 1. The molecule has 13 heteroatoms. The Bertz CT molecular complexity index is 2740. The summed E-state index contributed by atoms with van der Waals surface area (Å²) < 4.78 is 4.71. The van der Waals surface area contributed by atoms with Gasteiger partial charge in [-0.05, 0) is 152 Å². The minimum absolute atomic E-state index is 0.0292. The Labute approximate surface area is 391 Å². The number of pyridine rings is 1. The average molecular weight is 900 g/mol. The molecule has 1 aromatic heterocycles. The summed E-state index contributed by atoms with van der Waals surface area (Å²) in [6, 6.07) is 29.4. The first-order chi connectivity index (χ1) is 32.4. The molecular weight excluding hydrogens is 843 g/mol. The van der Waals surface area contributed by atoms with Crippen LogP contribution in [0.15, 0.2) is 122 Å². The van der Waals surface area contributed by atoms with Gasteiger partial charge in [-0.2, -0.15) is 0 Å². The Balaban J connectivity index is 0.000000136. The zero-order chi connectivity index (χ0) is 47.0. The summed E-state index contributed by atoms with van der Waals surface area (Å²) in [5, 5.41) is 12.5. The number of hydrogen-bond acceptors (Lipinski definition) is 9. The molecule has 0 atom stereocenters. The molecule has 0 aliphatic carbocycles. The number of nitrogens with zero attached hydrogens (tertiary/aromatic N) is 3. The Morgan fingerprint density at radius 1 is 0.672 bits per heavy atom. The lowest BCUT2D eigenvalue weighted by Gasteiger charge is -2.31. The summed E-state index contributed by atoms with van der Waals surface area (Å²) in [5.74, 6) is 0.545. The van der Waals surface area contributed by atoms with Gasteiger partial charge in [0, 0.05) is 84.8 Å². The van der Waals surface area contributed by atoms with Crippen LogP contribution in [0.5, 0.6) is 0 Å². The minimum Gasteiger partial charge on any atom is -0.465 e. The fraction of sp³-hybridized carbons (Fsp3) is 0.296. The standard InChI is InChI=1S/C19H19NO2.C18H23N3O2.C17H15N3O2/c1-13-3-7-17-12-15(6-10-18(17)20-13)11-14-4-8-16(9-5-14)19(21)22-2;1-12-3-4-14-11-15(5-6-17(14)19-12)18(23)20-16-7-9-21(10-8-16)13(2)22;21-15-6-4-12-10-13(3-5-14(12)19-15)17(22)20-9-7-11-2-1-8-18-16(11)20/h4-6,8-10,12,20H,1,3,7,11H2,2H3;5-6,11,16,19H,1,3-4,7-10H2,2H3,(H,20,23);1-3,5,8,10H,4,6-7,9H2,(H,19,21). The number of amides is 4. The first kappa shape index (κ1) is 46.0. The Kier molecular flexibility index (Phi) is 14.2. The highest BCUT2D eigenvalue weighted by Crippen LogP contribution is 2.31. The third kappa shape index (κ3) is 11.3. The largest absolute Gasteiger partial charge is 0.465 e. The third-order valence-electron chi connectivity index (χ3n) is 12.8. The van der Waals surface area contributed by atoms with Crippen LogP contribution in [0, 0.1) is 0 Å². The van der Waals surface area contributed by atoms with Gasteiger partial charge in [-0.25, -0.2) is 9.78 Å². The lowest BCUT2D eigenvalue weighted by molar-refractivity contribution is -0.129. The van der Waals surface area contributed by atoms with E-state index in [0.29, 0.717) is 36.1 Å². The monoisotopic (exact) mass is 899 g/mol. The average Bonchev–Trinajstić information content (AvgIpc) is 3.78. The zero-order valence-corrected chi connectivity index (χ0v) is 38.2. The number of benzene rings is 4. The minimum atomic E-state index is -0.299. The number of methoxy groups -OCH3 is 1. The van der Waals surface area contributed by atoms with Gasteiger partial charge in [0.15, 0.2) is 0 Å². The second-order valence-corrected chi connectivity index (χ2v) is 17.6. The lowest BCUT2D eigenvalue weighted by Crippen LogP contribution is -2.46. The molecule has 0 saturated carbocycles. The van der Waals surface area contributed by atoms with E-state index in [1.807, 2.05) is 71.6 Å². The van der Waals surface area contributed by atoms with Crippen molar-refractivity contribution in [3.8, 4) is 0 Å². The first-order valence-electron chi connectivity index (χ1n) is 23.0. The molecule has 5 aromatic rings. The van der Waals surface area contributed by atoms with Crippen LogP contribution in [0.1, 0.15) is 103 Å². The summed E-state index contributed by atoms with van der Waals surface area (Å²) in [6.45, 7) is 11.6. The Morgan fingerprint density at radius 3 is 1.93 bits per heavy atom. The van der Waals surface area contributed by atoms with Crippen LogP contribution in [0.25, 0.3) is 0 Å². The number of aromatic nitrogens is 1. The number of carbonyl (C=O) groups is 5. The molecule has 1 fully saturated rings. The number of aryl methyl sites for hydroxylation is 3. The van der Waals surface area contributed by atoms with Crippen molar-refractivity contribution in [3.05, 3.63) is 172 Å². The van der Waals surface area contributed by atoms with Crippen molar-refractivity contribution in [2.45, 2.75) is 77.2 Å². The summed E-state index contributed by atoms with van der Waals surface area (Å²) in [4.78, 5) is 67.3. The molecule has 1 saturated heterocycles. The van der Waals surface area contributed by atoms with Crippen LogP contribution in [0.3, 0.4) is 0 Å². The first-order valence-corrected chi connectivity index (χ1v) is 23.0. The molecule has 5 aliphatic heterocycles. The van der Waals surface area contributed by atoms with Crippen molar-refractivity contribution in [3.63, 3.8) is 0 Å².